The number of allylic oxidation sites excluding steroid dienone is 1. The molecule has 0 radical (unpaired) electrons. The van der Waals surface area contributed by atoms with Crippen molar-refractivity contribution in [2.24, 2.45) is 0 Å². The minimum Gasteiger partial charge on any atom is -0.459 e. The molecule has 0 fully saturated rings. The van der Waals surface area contributed by atoms with Crippen LogP contribution in [-0.2, 0) is 12.8 Å². The van der Waals surface area contributed by atoms with E-state index in [1.807, 2.05) is 12.1 Å². The van der Waals surface area contributed by atoms with Gasteiger partial charge in [0.15, 0.2) is 0 Å². The highest BCUT2D eigenvalue weighted by atomic mass is 16.3. The average molecular weight is 464 g/mol. The molecule has 2 nitrogen and oxygen atoms in total. The van der Waals surface area contributed by atoms with Crippen LogP contribution in [0.2, 0.25) is 0 Å². The van der Waals surface area contributed by atoms with Gasteiger partial charge in [-0.25, -0.2) is 0 Å². The number of nitrogens with two attached hydrogens (primary N) is 1. The first-order valence-corrected chi connectivity index (χ1v) is 12.8. The molecule has 6 aromatic rings. The molecule has 8 rings (SSSR count). The standard InChI is InChI=1S/C34H25NO/c35-24-16-12-20(13-17-24)25-6-2-8-29-30-9-3-7-28(34(30)36-33(25)29)26-18-14-23-11-10-21-4-1-5-22-15-19-27(26)32(23)31(21)22/h1-6,8-14,16-18,28H,7,15,19,35H2. The summed E-state index contributed by atoms with van der Waals surface area (Å²) in [6.07, 6.45) is 7.71. The Bertz CT molecular complexity index is 1870. The number of fused-ring (bicyclic) bond motifs is 3. The van der Waals surface area contributed by atoms with Gasteiger partial charge in [0, 0.05) is 28.1 Å². The molecule has 5 aromatic carbocycles. The van der Waals surface area contributed by atoms with Crippen LogP contribution in [0.3, 0.4) is 0 Å². The van der Waals surface area contributed by atoms with E-state index in [-0.39, 0.29) is 5.92 Å². The van der Waals surface area contributed by atoms with E-state index in [4.69, 9.17) is 10.2 Å². The monoisotopic (exact) mass is 463 g/mol. The van der Waals surface area contributed by atoms with Crippen LogP contribution in [0.1, 0.15) is 40.4 Å². The summed E-state index contributed by atoms with van der Waals surface area (Å²) in [5, 5.41) is 6.76. The molecule has 1 unspecified atom stereocenters. The van der Waals surface area contributed by atoms with Crippen molar-refractivity contribution in [2.45, 2.75) is 25.2 Å². The van der Waals surface area contributed by atoms with E-state index in [9.17, 15) is 0 Å². The summed E-state index contributed by atoms with van der Waals surface area (Å²) in [4.78, 5) is 0. The molecule has 0 bridgehead atoms. The Morgan fingerprint density at radius 2 is 1.56 bits per heavy atom. The normalized spacial score (nSPS) is 16.3. The van der Waals surface area contributed by atoms with Crippen LogP contribution in [0.5, 0.6) is 0 Å². The van der Waals surface area contributed by atoms with E-state index in [0.717, 1.165) is 47.4 Å². The Morgan fingerprint density at radius 3 is 2.44 bits per heavy atom. The number of nitrogen functional groups attached to an aromatic ring is 1. The fourth-order valence-corrected chi connectivity index (χ4v) is 6.60. The fraction of sp³-hybridized carbons (Fsp3) is 0.118. The molecule has 2 aliphatic rings. The number of hydrogen-bond acceptors (Lipinski definition) is 2. The molecule has 0 saturated heterocycles. The molecular weight excluding hydrogens is 438 g/mol. The molecule has 1 aromatic heterocycles. The second kappa shape index (κ2) is 7.35. The van der Waals surface area contributed by atoms with Gasteiger partial charge in [-0.15, -0.1) is 0 Å². The summed E-state index contributed by atoms with van der Waals surface area (Å²) in [6.45, 7) is 0. The van der Waals surface area contributed by atoms with Crippen molar-refractivity contribution in [1.82, 2.24) is 0 Å². The predicted octanol–water partition coefficient (Wildman–Crippen LogP) is 8.64. The van der Waals surface area contributed by atoms with Crippen LogP contribution in [0.25, 0.3) is 49.7 Å². The largest absolute Gasteiger partial charge is 0.459 e. The first-order valence-electron chi connectivity index (χ1n) is 12.8. The minimum absolute atomic E-state index is 0.219. The van der Waals surface area contributed by atoms with E-state index in [2.05, 4.69) is 84.9 Å². The van der Waals surface area contributed by atoms with Crippen LogP contribution in [0, 0.1) is 0 Å². The summed E-state index contributed by atoms with van der Waals surface area (Å²) in [7, 11) is 0. The van der Waals surface area contributed by atoms with Gasteiger partial charge in [0.25, 0.3) is 0 Å². The molecule has 2 N–H and O–H groups in total. The number of hydrogen-bond donors (Lipinski definition) is 1. The Kier molecular flexibility index (Phi) is 4.07. The molecule has 36 heavy (non-hydrogen) atoms. The lowest BCUT2D eigenvalue weighted by Gasteiger charge is -2.26. The van der Waals surface area contributed by atoms with Crippen molar-refractivity contribution in [1.29, 1.82) is 0 Å². The third-order valence-electron chi connectivity index (χ3n) is 8.25. The molecule has 0 spiro atoms. The van der Waals surface area contributed by atoms with Gasteiger partial charge in [0.2, 0.25) is 0 Å². The van der Waals surface area contributed by atoms with Gasteiger partial charge in [0.05, 0.1) is 0 Å². The van der Waals surface area contributed by atoms with Crippen LogP contribution in [0.4, 0.5) is 5.69 Å². The zero-order valence-electron chi connectivity index (χ0n) is 19.9. The van der Waals surface area contributed by atoms with Gasteiger partial charge < -0.3 is 10.2 Å². The third kappa shape index (κ3) is 2.73. The summed E-state index contributed by atoms with van der Waals surface area (Å²) in [5.41, 5.74) is 15.5. The van der Waals surface area contributed by atoms with Gasteiger partial charge >= 0.3 is 0 Å². The molecule has 0 saturated carbocycles. The lowest BCUT2D eigenvalue weighted by Crippen LogP contribution is -2.10. The van der Waals surface area contributed by atoms with Crippen LogP contribution in [0.15, 0.2) is 95.4 Å². The molecule has 1 atom stereocenters. The summed E-state index contributed by atoms with van der Waals surface area (Å²) in [6, 6.07) is 30.5. The fourth-order valence-electron chi connectivity index (χ4n) is 6.60. The van der Waals surface area contributed by atoms with Gasteiger partial charge in [-0.1, -0.05) is 84.9 Å². The van der Waals surface area contributed by atoms with E-state index in [0.29, 0.717) is 0 Å². The van der Waals surface area contributed by atoms with Crippen molar-refractivity contribution in [3.05, 3.63) is 119 Å². The summed E-state index contributed by atoms with van der Waals surface area (Å²) in [5.74, 6) is 1.31. The molecule has 172 valence electrons. The lowest BCUT2D eigenvalue weighted by atomic mass is 9.78. The number of benzene rings is 5. The zero-order chi connectivity index (χ0) is 23.8. The highest BCUT2D eigenvalue weighted by molar-refractivity contribution is 6.12. The smallest absolute Gasteiger partial charge is 0.142 e. The van der Waals surface area contributed by atoms with Crippen molar-refractivity contribution in [3.8, 4) is 11.1 Å². The van der Waals surface area contributed by atoms with E-state index < -0.39 is 0 Å². The van der Waals surface area contributed by atoms with Crippen LogP contribution >= 0.6 is 0 Å². The molecule has 2 aliphatic carbocycles. The minimum atomic E-state index is 0.219. The van der Waals surface area contributed by atoms with Crippen molar-refractivity contribution < 1.29 is 4.42 Å². The maximum Gasteiger partial charge on any atom is 0.142 e. The number of anilines is 1. The molecule has 2 heteroatoms. The second-order valence-electron chi connectivity index (χ2n) is 10.2. The van der Waals surface area contributed by atoms with Crippen molar-refractivity contribution >= 4 is 44.3 Å². The Morgan fingerprint density at radius 1 is 0.750 bits per heavy atom. The maximum atomic E-state index is 6.81. The highest BCUT2D eigenvalue weighted by Crippen LogP contribution is 2.46. The van der Waals surface area contributed by atoms with Crippen molar-refractivity contribution in [2.75, 3.05) is 5.73 Å². The Hall–Kier alpha value is -4.30. The van der Waals surface area contributed by atoms with Crippen molar-refractivity contribution in [3.63, 3.8) is 0 Å². The van der Waals surface area contributed by atoms with Gasteiger partial charge in [-0.3, -0.25) is 0 Å². The number of para-hydroxylation sites is 1. The van der Waals surface area contributed by atoms with E-state index in [1.54, 1.807) is 0 Å². The van der Waals surface area contributed by atoms with E-state index in [1.165, 1.54) is 49.2 Å². The maximum absolute atomic E-state index is 6.81. The van der Waals surface area contributed by atoms with Gasteiger partial charge in [0.1, 0.15) is 11.3 Å². The molecule has 1 heterocycles. The second-order valence-corrected chi connectivity index (χ2v) is 10.2. The topological polar surface area (TPSA) is 39.2 Å². The highest BCUT2D eigenvalue weighted by Gasteiger charge is 2.29. The first kappa shape index (κ1) is 19.9. The Labute approximate surface area is 209 Å². The third-order valence-corrected chi connectivity index (χ3v) is 8.25. The number of aryl methyl sites for hydroxylation is 2. The molecular formula is C34H25NO. The zero-order valence-corrected chi connectivity index (χ0v) is 19.9. The number of furan rings is 1. The SMILES string of the molecule is Nc1ccc(-c2cccc3c4c(oc23)C(c2ccc3ccc5cccc6c5c3c2CC6)CC=C4)cc1. The van der Waals surface area contributed by atoms with Crippen LogP contribution in [-0.4, -0.2) is 0 Å². The Balaban J connectivity index is 1.36. The summed E-state index contributed by atoms with van der Waals surface area (Å²) >= 11 is 0. The van der Waals surface area contributed by atoms with Gasteiger partial charge in [-0.2, -0.15) is 0 Å². The predicted molar refractivity (Wildman–Crippen MR) is 150 cm³/mol. The van der Waals surface area contributed by atoms with E-state index >= 15 is 0 Å². The quantitative estimate of drug-likeness (QED) is 0.206. The average Bonchev–Trinajstić information content (AvgIpc) is 3.31. The number of rotatable bonds is 2. The first-order chi connectivity index (χ1) is 17.8. The lowest BCUT2D eigenvalue weighted by molar-refractivity contribution is 0.516. The van der Waals surface area contributed by atoms with Crippen LogP contribution < -0.4 is 5.73 Å². The molecule has 0 amide bonds. The summed E-state index contributed by atoms with van der Waals surface area (Å²) < 4.78 is 6.81. The van der Waals surface area contributed by atoms with Gasteiger partial charge in [-0.05, 0) is 75.2 Å². The molecule has 0 aliphatic heterocycles.